The predicted octanol–water partition coefficient (Wildman–Crippen LogP) is 3.19. The molecule has 0 radical (unpaired) electrons. The zero-order valence-electron chi connectivity index (χ0n) is 13.1. The van der Waals surface area contributed by atoms with Gasteiger partial charge in [0.25, 0.3) is 0 Å². The van der Waals surface area contributed by atoms with E-state index in [2.05, 4.69) is 34.0 Å². The summed E-state index contributed by atoms with van der Waals surface area (Å²) in [6, 6.07) is 12.0. The number of para-hydroxylation sites is 1. The van der Waals surface area contributed by atoms with E-state index in [1.165, 1.54) is 10.4 Å². The highest BCUT2D eigenvalue weighted by atomic mass is 32.1. The van der Waals surface area contributed by atoms with Crippen LogP contribution in [0.15, 0.2) is 46.8 Å². The van der Waals surface area contributed by atoms with Gasteiger partial charge in [-0.25, -0.2) is 0 Å². The van der Waals surface area contributed by atoms with E-state index in [1.807, 2.05) is 30.3 Å². The average molecular weight is 317 g/mol. The van der Waals surface area contributed by atoms with Crippen molar-refractivity contribution >= 4 is 17.3 Å². The first kappa shape index (κ1) is 16.4. The van der Waals surface area contributed by atoms with Crippen molar-refractivity contribution in [3.63, 3.8) is 0 Å². The third-order valence-corrected chi connectivity index (χ3v) is 4.26. The summed E-state index contributed by atoms with van der Waals surface area (Å²) in [4.78, 5) is 5.57. The Balaban J connectivity index is 1.61. The highest BCUT2D eigenvalue weighted by Gasteiger charge is 2.01. The van der Waals surface area contributed by atoms with Gasteiger partial charge in [-0.1, -0.05) is 18.2 Å². The minimum atomic E-state index is 0.693. The maximum atomic E-state index is 5.66. The van der Waals surface area contributed by atoms with Crippen LogP contribution in [0.1, 0.15) is 16.9 Å². The Bertz CT molecular complexity index is 581. The van der Waals surface area contributed by atoms with Crippen molar-refractivity contribution in [3.8, 4) is 5.75 Å². The number of ether oxygens (including phenoxy) is 1. The van der Waals surface area contributed by atoms with Crippen molar-refractivity contribution < 1.29 is 4.74 Å². The molecule has 0 saturated heterocycles. The third-order valence-electron chi connectivity index (χ3n) is 3.23. The molecule has 0 spiro atoms. The highest BCUT2D eigenvalue weighted by molar-refractivity contribution is 7.10. The van der Waals surface area contributed by atoms with Gasteiger partial charge >= 0.3 is 0 Å². The lowest BCUT2D eigenvalue weighted by molar-refractivity contribution is 0.311. The molecule has 0 fully saturated rings. The Morgan fingerprint density at radius 1 is 1.18 bits per heavy atom. The van der Waals surface area contributed by atoms with Crippen LogP contribution >= 0.6 is 11.3 Å². The van der Waals surface area contributed by atoms with E-state index in [0.717, 1.165) is 31.2 Å². The lowest BCUT2D eigenvalue weighted by Gasteiger charge is -2.12. The molecule has 4 nitrogen and oxygen atoms in total. The van der Waals surface area contributed by atoms with E-state index >= 15 is 0 Å². The standard InChI is InChI=1S/C17H23N3OS/c1-14-9-12-22-16(14)13-20-17(18-2)19-10-6-11-21-15-7-4-3-5-8-15/h3-5,7-9,12H,6,10-11,13H2,1-2H3,(H2,18,19,20). The van der Waals surface area contributed by atoms with Gasteiger partial charge in [-0.3, -0.25) is 4.99 Å². The molecule has 1 aromatic heterocycles. The van der Waals surface area contributed by atoms with Crippen LogP contribution < -0.4 is 15.4 Å². The summed E-state index contributed by atoms with van der Waals surface area (Å²) in [7, 11) is 1.79. The second-order valence-corrected chi connectivity index (χ2v) is 5.90. The summed E-state index contributed by atoms with van der Waals surface area (Å²) in [6.45, 7) is 4.46. The van der Waals surface area contributed by atoms with E-state index in [0.29, 0.717) is 6.61 Å². The summed E-state index contributed by atoms with van der Waals surface area (Å²) >= 11 is 1.77. The zero-order valence-corrected chi connectivity index (χ0v) is 14.0. The molecular weight excluding hydrogens is 294 g/mol. The first-order valence-electron chi connectivity index (χ1n) is 7.45. The topological polar surface area (TPSA) is 45.7 Å². The van der Waals surface area contributed by atoms with Crippen molar-refractivity contribution in [2.45, 2.75) is 19.9 Å². The number of aliphatic imine (C=N–C) groups is 1. The molecule has 0 aliphatic carbocycles. The van der Waals surface area contributed by atoms with Crippen LogP contribution in [0.25, 0.3) is 0 Å². The molecule has 0 amide bonds. The van der Waals surface area contributed by atoms with Gasteiger partial charge in [-0.2, -0.15) is 0 Å². The van der Waals surface area contributed by atoms with E-state index in [1.54, 1.807) is 18.4 Å². The van der Waals surface area contributed by atoms with Crippen molar-refractivity contribution in [3.05, 3.63) is 52.2 Å². The molecule has 2 rings (SSSR count). The molecule has 22 heavy (non-hydrogen) atoms. The van der Waals surface area contributed by atoms with Crippen molar-refractivity contribution in [1.82, 2.24) is 10.6 Å². The van der Waals surface area contributed by atoms with Crippen molar-refractivity contribution in [1.29, 1.82) is 0 Å². The number of thiophene rings is 1. The van der Waals surface area contributed by atoms with Crippen LogP contribution in [-0.4, -0.2) is 26.2 Å². The molecule has 0 unspecified atom stereocenters. The number of aryl methyl sites for hydroxylation is 1. The molecule has 2 N–H and O–H groups in total. The molecule has 0 atom stereocenters. The van der Waals surface area contributed by atoms with Gasteiger partial charge in [0.15, 0.2) is 5.96 Å². The smallest absolute Gasteiger partial charge is 0.191 e. The van der Waals surface area contributed by atoms with Crippen LogP contribution in [-0.2, 0) is 6.54 Å². The Hall–Kier alpha value is -2.01. The van der Waals surface area contributed by atoms with Gasteiger partial charge in [0, 0.05) is 18.5 Å². The van der Waals surface area contributed by atoms with E-state index in [9.17, 15) is 0 Å². The Morgan fingerprint density at radius 2 is 2.00 bits per heavy atom. The minimum Gasteiger partial charge on any atom is -0.494 e. The van der Waals surface area contributed by atoms with Crippen molar-refractivity contribution in [2.75, 3.05) is 20.2 Å². The van der Waals surface area contributed by atoms with Crippen LogP contribution in [0.5, 0.6) is 5.75 Å². The SMILES string of the molecule is CN=C(NCCCOc1ccccc1)NCc1sccc1C. The fraction of sp³-hybridized carbons (Fsp3) is 0.353. The Labute approximate surface area is 136 Å². The maximum absolute atomic E-state index is 5.66. The largest absolute Gasteiger partial charge is 0.494 e. The summed E-state index contributed by atoms with van der Waals surface area (Å²) in [5, 5.41) is 8.75. The first-order chi connectivity index (χ1) is 10.8. The number of rotatable bonds is 7. The lowest BCUT2D eigenvalue weighted by atomic mass is 10.3. The molecule has 2 aromatic rings. The summed E-state index contributed by atoms with van der Waals surface area (Å²) < 4.78 is 5.66. The van der Waals surface area contributed by atoms with Gasteiger partial charge in [0.05, 0.1) is 13.2 Å². The third kappa shape index (κ3) is 5.41. The fourth-order valence-electron chi connectivity index (χ4n) is 1.96. The van der Waals surface area contributed by atoms with Crippen molar-refractivity contribution in [2.24, 2.45) is 4.99 Å². The summed E-state index contributed by atoms with van der Waals surface area (Å²) in [5.41, 5.74) is 1.32. The van der Waals surface area contributed by atoms with E-state index < -0.39 is 0 Å². The van der Waals surface area contributed by atoms with Crippen LogP contribution in [0.3, 0.4) is 0 Å². The molecule has 5 heteroatoms. The molecule has 0 aliphatic rings. The number of nitrogens with one attached hydrogen (secondary N) is 2. The number of benzene rings is 1. The quantitative estimate of drug-likeness (QED) is 0.468. The fourth-order valence-corrected chi connectivity index (χ4v) is 2.80. The number of nitrogens with zero attached hydrogens (tertiary/aromatic N) is 1. The number of guanidine groups is 1. The first-order valence-corrected chi connectivity index (χ1v) is 8.33. The van der Waals surface area contributed by atoms with E-state index in [-0.39, 0.29) is 0 Å². The summed E-state index contributed by atoms with van der Waals surface area (Å²) in [5.74, 6) is 1.74. The minimum absolute atomic E-state index is 0.693. The molecule has 118 valence electrons. The molecular formula is C17H23N3OS. The maximum Gasteiger partial charge on any atom is 0.191 e. The normalized spacial score (nSPS) is 11.3. The lowest BCUT2D eigenvalue weighted by Crippen LogP contribution is -2.37. The second-order valence-electron chi connectivity index (χ2n) is 4.89. The zero-order chi connectivity index (χ0) is 15.6. The van der Waals surface area contributed by atoms with Gasteiger partial charge in [0.1, 0.15) is 5.75 Å². The van der Waals surface area contributed by atoms with Gasteiger partial charge in [-0.15, -0.1) is 11.3 Å². The van der Waals surface area contributed by atoms with Gasteiger partial charge in [0.2, 0.25) is 0 Å². The molecule has 0 saturated carbocycles. The predicted molar refractivity (Wildman–Crippen MR) is 93.8 cm³/mol. The van der Waals surface area contributed by atoms with E-state index in [4.69, 9.17) is 4.74 Å². The Kier molecular flexibility index (Phi) is 6.77. The Morgan fingerprint density at radius 3 is 2.68 bits per heavy atom. The molecule has 0 aliphatic heterocycles. The molecule has 1 aromatic carbocycles. The average Bonchev–Trinajstić information content (AvgIpc) is 2.96. The molecule has 1 heterocycles. The van der Waals surface area contributed by atoms with Gasteiger partial charge in [-0.05, 0) is 42.5 Å². The van der Waals surface area contributed by atoms with Crippen LogP contribution in [0, 0.1) is 6.92 Å². The van der Waals surface area contributed by atoms with Crippen LogP contribution in [0.2, 0.25) is 0 Å². The monoisotopic (exact) mass is 317 g/mol. The molecule has 0 bridgehead atoms. The van der Waals surface area contributed by atoms with Gasteiger partial charge < -0.3 is 15.4 Å². The van der Waals surface area contributed by atoms with Crippen LogP contribution in [0.4, 0.5) is 0 Å². The second kappa shape index (κ2) is 9.10. The summed E-state index contributed by atoms with van der Waals surface area (Å²) in [6.07, 6.45) is 0.924. The highest BCUT2D eigenvalue weighted by Crippen LogP contribution is 2.14. The number of hydrogen-bond acceptors (Lipinski definition) is 3. The number of hydrogen-bond donors (Lipinski definition) is 2.